The predicted molar refractivity (Wildman–Crippen MR) is 84.9 cm³/mol. The van der Waals surface area contributed by atoms with Crippen molar-refractivity contribution < 1.29 is 0 Å². The average Bonchev–Trinajstić information content (AvgIpc) is 2.00. The van der Waals surface area contributed by atoms with Crippen molar-refractivity contribution in [3.05, 3.63) is 0 Å². The van der Waals surface area contributed by atoms with E-state index in [1.165, 1.54) is 0 Å². The van der Waals surface area contributed by atoms with Crippen molar-refractivity contribution >= 4 is 15.4 Å². The minimum absolute atomic E-state index is 0.616. The molecule has 0 amide bonds. The Morgan fingerprint density at radius 3 is 1.06 bits per heavy atom. The number of hydrogen-bond donors (Lipinski definition) is 0. The maximum atomic E-state index is 3.31. The molecule has 0 fully saturated rings. The van der Waals surface area contributed by atoms with Gasteiger partial charge in [-0.1, -0.05) is 0 Å². The normalized spacial score (nSPS) is 16.6. The third-order valence-electron chi connectivity index (χ3n) is 4.38. The zero-order valence-electron chi connectivity index (χ0n) is 12.8. The van der Waals surface area contributed by atoms with Gasteiger partial charge in [0, 0.05) is 0 Å². The van der Waals surface area contributed by atoms with E-state index in [0.717, 1.165) is 11.3 Å². The Morgan fingerprint density at radius 1 is 0.750 bits per heavy atom. The molecule has 0 aromatic heterocycles. The van der Waals surface area contributed by atoms with Gasteiger partial charge in [-0.05, 0) is 0 Å². The van der Waals surface area contributed by atoms with Crippen molar-refractivity contribution in [2.45, 2.75) is 78.8 Å². The molecule has 0 aliphatic rings. The van der Waals surface area contributed by atoms with Gasteiger partial charge in [-0.3, -0.25) is 0 Å². The predicted octanol–water partition coefficient (Wildman–Crippen LogP) is 4.81. The van der Waals surface area contributed by atoms with Crippen LogP contribution in [-0.4, -0.2) is 34.7 Å². The van der Waals surface area contributed by atoms with Gasteiger partial charge < -0.3 is 0 Å². The van der Waals surface area contributed by atoms with Gasteiger partial charge in [0.15, 0.2) is 0 Å². The van der Waals surface area contributed by atoms with Crippen molar-refractivity contribution in [3.8, 4) is 0 Å². The van der Waals surface area contributed by atoms with Crippen molar-refractivity contribution in [3.63, 3.8) is 0 Å². The molecule has 0 saturated carbocycles. The van der Waals surface area contributed by atoms with Crippen LogP contribution >= 0.6 is 15.4 Å². The van der Waals surface area contributed by atoms with E-state index in [9.17, 15) is 0 Å². The second-order valence-corrected chi connectivity index (χ2v) is 16.6. The first-order valence-electron chi connectivity index (χ1n) is 6.56. The van der Waals surface area contributed by atoms with Crippen LogP contribution < -0.4 is 0 Å². The fraction of sp³-hybridized carbons (Fsp3) is 1.00. The van der Waals surface area contributed by atoms with E-state index < -0.39 is 6.44 Å². The van der Waals surface area contributed by atoms with Crippen LogP contribution in [0.1, 0.15) is 55.4 Å². The van der Waals surface area contributed by atoms with Crippen LogP contribution in [0.25, 0.3) is 0 Å². The first-order chi connectivity index (χ1) is 6.95. The van der Waals surface area contributed by atoms with Crippen LogP contribution in [0.15, 0.2) is 0 Å². The van der Waals surface area contributed by atoms with E-state index in [1.807, 2.05) is 0 Å². The molecule has 0 aliphatic heterocycles. The summed E-state index contributed by atoms with van der Waals surface area (Å²) in [4.78, 5) is 0. The average molecular weight is 265 g/mol. The molecule has 0 rings (SSSR count). The van der Waals surface area contributed by atoms with Gasteiger partial charge in [-0.25, -0.2) is 0 Å². The summed E-state index contributed by atoms with van der Waals surface area (Å²) in [5, 5.41) is 0. The van der Waals surface area contributed by atoms with Gasteiger partial charge in [-0.15, -0.1) is 0 Å². The molecular formula is C13H33NP2. The Labute approximate surface area is 106 Å². The summed E-state index contributed by atoms with van der Waals surface area (Å²) in [6.45, 7) is 21.4. The van der Waals surface area contributed by atoms with E-state index >= 15 is 0 Å². The number of hydrogen-bond acceptors (Lipinski definition) is 1. The molecule has 3 heteroatoms. The number of rotatable bonds is 5. The van der Waals surface area contributed by atoms with Gasteiger partial charge in [0.2, 0.25) is 0 Å². The molecular weight excluding hydrogens is 232 g/mol. The molecule has 0 bridgehead atoms. The molecule has 1 unspecified atom stereocenters. The summed E-state index contributed by atoms with van der Waals surface area (Å²) in [6, 6.07) is 1.23. The Hall–Kier alpha value is 0.820. The topological polar surface area (TPSA) is 3.24 Å². The molecule has 0 spiro atoms. The molecule has 16 heavy (non-hydrogen) atoms. The summed E-state index contributed by atoms with van der Waals surface area (Å²) in [7, 11) is 3.31. The zero-order valence-corrected chi connectivity index (χ0v) is 14.8. The summed E-state index contributed by atoms with van der Waals surface area (Å²) >= 11 is 0. The van der Waals surface area contributed by atoms with Crippen LogP contribution in [0.2, 0.25) is 0 Å². The van der Waals surface area contributed by atoms with Crippen molar-refractivity contribution in [2.75, 3.05) is 6.66 Å². The molecule has 1 atom stereocenters. The third-order valence-corrected chi connectivity index (χ3v) is 16.3. The first-order valence-corrected chi connectivity index (χ1v) is 10.9. The Kier molecular flexibility index (Phi) is 5.48. The molecule has 0 saturated heterocycles. The third kappa shape index (κ3) is 2.63. The molecule has 1 nitrogen and oxygen atoms in total. The first kappa shape index (κ1) is 16.8. The van der Waals surface area contributed by atoms with Gasteiger partial charge >= 0.3 is 105 Å². The Morgan fingerprint density at radius 2 is 1.00 bits per heavy atom. The SMILES string of the molecule is CC(C)N(C(C)C)P(C)(P)(C(C)C)C(C)C. The van der Waals surface area contributed by atoms with Crippen molar-refractivity contribution in [1.82, 2.24) is 4.67 Å². The summed E-state index contributed by atoms with van der Waals surface area (Å²) in [5.74, 6) is 0. The summed E-state index contributed by atoms with van der Waals surface area (Å²) in [5.41, 5.74) is 1.45. The van der Waals surface area contributed by atoms with Gasteiger partial charge in [0.05, 0.1) is 0 Å². The minimum atomic E-state index is -1.89. The van der Waals surface area contributed by atoms with E-state index in [0.29, 0.717) is 12.1 Å². The summed E-state index contributed by atoms with van der Waals surface area (Å²) < 4.78 is 2.78. The van der Waals surface area contributed by atoms with E-state index in [-0.39, 0.29) is 0 Å². The fourth-order valence-corrected chi connectivity index (χ4v) is 9.37. The van der Waals surface area contributed by atoms with Crippen molar-refractivity contribution in [2.24, 2.45) is 0 Å². The molecule has 0 heterocycles. The molecule has 0 aromatic rings. The second kappa shape index (κ2) is 5.21. The van der Waals surface area contributed by atoms with Crippen LogP contribution in [0.3, 0.4) is 0 Å². The van der Waals surface area contributed by atoms with Crippen LogP contribution in [-0.2, 0) is 0 Å². The molecule has 0 radical (unpaired) electrons. The maximum absolute atomic E-state index is 3.31. The van der Waals surface area contributed by atoms with Gasteiger partial charge in [-0.2, -0.15) is 0 Å². The molecule has 0 aliphatic carbocycles. The van der Waals surface area contributed by atoms with Gasteiger partial charge in [0.25, 0.3) is 0 Å². The Bertz CT molecular complexity index is 212. The van der Waals surface area contributed by atoms with Crippen molar-refractivity contribution in [1.29, 1.82) is 0 Å². The van der Waals surface area contributed by atoms with E-state index in [2.05, 4.69) is 75.7 Å². The molecule has 100 valence electrons. The number of nitrogens with zero attached hydrogens (tertiary/aromatic N) is 1. The fourth-order valence-electron chi connectivity index (χ4n) is 2.99. The van der Waals surface area contributed by atoms with E-state index in [4.69, 9.17) is 0 Å². The quantitative estimate of drug-likeness (QED) is 0.645. The van der Waals surface area contributed by atoms with E-state index in [1.54, 1.807) is 0 Å². The standard InChI is InChI=1S/C13H33NP2/c1-10(2)14(11(3)4)16(9,15,12(5)6)13(7)8/h10-13H,15H2,1-9H3. The van der Waals surface area contributed by atoms with Crippen LogP contribution in [0.4, 0.5) is 0 Å². The molecule has 0 aromatic carbocycles. The zero-order chi connectivity index (χ0) is 13.3. The van der Waals surface area contributed by atoms with Gasteiger partial charge in [0.1, 0.15) is 0 Å². The second-order valence-electron chi connectivity index (χ2n) is 6.52. The monoisotopic (exact) mass is 265 g/mol. The Balaban J connectivity index is 5.67. The van der Waals surface area contributed by atoms with Crippen LogP contribution in [0, 0.1) is 0 Å². The van der Waals surface area contributed by atoms with Crippen LogP contribution in [0.5, 0.6) is 0 Å². The summed E-state index contributed by atoms with van der Waals surface area (Å²) in [6.07, 6.45) is -1.89. The molecule has 0 N–H and O–H groups in total.